The van der Waals surface area contributed by atoms with Gasteiger partial charge in [0.15, 0.2) is 11.5 Å². The number of halogens is 2. The zero-order valence-electron chi connectivity index (χ0n) is 17.2. The van der Waals surface area contributed by atoms with Crippen LogP contribution in [-0.2, 0) is 0 Å². The van der Waals surface area contributed by atoms with E-state index < -0.39 is 5.97 Å². The summed E-state index contributed by atoms with van der Waals surface area (Å²) in [6.45, 7) is 0. The monoisotopic (exact) mass is 542 g/mol. The minimum Gasteiger partial charge on any atom is -0.493 e. The van der Waals surface area contributed by atoms with E-state index in [1.165, 1.54) is 24.7 Å². The van der Waals surface area contributed by atoms with Gasteiger partial charge in [0.25, 0.3) is 5.91 Å². The fraction of sp³-hybridized carbons (Fsp3) is 0.0417. The van der Waals surface area contributed by atoms with Crippen LogP contribution in [0, 0.1) is 0 Å². The number of methoxy groups -OCH3 is 1. The molecule has 0 saturated carbocycles. The average Bonchev–Trinajstić information content (AvgIpc) is 3.17. The molecular weight excluding hydrogens is 528 g/mol. The second-order valence-electron chi connectivity index (χ2n) is 6.72. The topological polar surface area (TPSA) is 77.0 Å². The Hall–Kier alpha value is -3.20. The molecule has 0 radical (unpaired) electrons. The van der Waals surface area contributed by atoms with E-state index in [0.29, 0.717) is 31.2 Å². The van der Waals surface area contributed by atoms with Crippen LogP contribution in [0.1, 0.15) is 25.6 Å². The number of carbonyl (C=O) groups excluding carboxylic acids is 2. The van der Waals surface area contributed by atoms with E-state index in [4.69, 9.17) is 21.1 Å². The zero-order chi connectivity index (χ0) is 23.4. The largest absolute Gasteiger partial charge is 0.493 e. The number of fused-ring (bicyclic) bond motifs is 1. The van der Waals surface area contributed by atoms with Crippen LogP contribution in [0.15, 0.2) is 76.3 Å². The molecule has 0 bridgehead atoms. The van der Waals surface area contributed by atoms with Crippen LogP contribution in [0.5, 0.6) is 11.5 Å². The summed E-state index contributed by atoms with van der Waals surface area (Å²) < 4.78 is 12.5. The van der Waals surface area contributed by atoms with Crippen molar-refractivity contribution < 1.29 is 19.1 Å². The van der Waals surface area contributed by atoms with Gasteiger partial charge in [0.2, 0.25) is 0 Å². The van der Waals surface area contributed by atoms with E-state index >= 15 is 0 Å². The van der Waals surface area contributed by atoms with Crippen LogP contribution in [0.2, 0.25) is 5.02 Å². The number of nitrogens with zero attached hydrogens (tertiary/aromatic N) is 1. The Morgan fingerprint density at radius 1 is 1.06 bits per heavy atom. The minimum atomic E-state index is -0.568. The second kappa shape index (κ2) is 10.2. The van der Waals surface area contributed by atoms with E-state index in [2.05, 4.69) is 26.5 Å². The molecule has 0 atom stereocenters. The van der Waals surface area contributed by atoms with Gasteiger partial charge in [-0.05, 0) is 57.9 Å². The molecule has 1 heterocycles. The molecule has 166 valence electrons. The van der Waals surface area contributed by atoms with Crippen molar-refractivity contribution in [2.24, 2.45) is 5.10 Å². The summed E-state index contributed by atoms with van der Waals surface area (Å²) in [5.74, 6) is -0.342. The molecular formula is C24H16BrClN2O4S. The van der Waals surface area contributed by atoms with Crippen molar-refractivity contribution >= 4 is 67.0 Å². The maximum atomic E-state index is 12.7. The molecule has 33 heavy (non-hydrogen) atoms. The molecule has 6 nitrogen and oxygen atoms in total. The number of benzene rings is 3. The molecule has 0 aliphatic rings. The Bertz CT molecular complexity index is 1390. The van der Waals surface area contributed by atoms with Gasteiger partial charge in [-0.3, -0.25) is 4.79 Å². The van der Waals surface area contributed by atoms with Gasteiger partial charge in [-0.15, -0.1) is 11.3 Å². The number of hydrazone groups is 1. The zero-order valence-corrected chi connectivity index (χ0v) is 20.3. The van der Waals surface area contributed by atoms with Gasteiger partial charge in [0.1, 0.15) is 4.88 Å². The first-order valence-corrected chi connectivity index (χ1v) is 11.6. The number of amides is 1. The highest BCUT2D eigenvalue weighted by Gasteiger charge is 2.20. The molecule has 0 fully saturated rings. The van der Waals surface area contributed by atoms with Crippen molar-refractivity contribution in [2.45, 2.75) is 0 Å². The standard InChI is InChI=1S/C24H16BrClN2O4S/c1-31-19-12-14(13-27-28-23(29)15-6-2-4-8-17(15)25)10-11-18(19)32-24(30)22-21(26)16-7-3-5-9-20(16)33-22/h2-13H,1H3,(H,28,29). The van der Waals surface area contributed by atoms with E-state index in [0.717, 1.165) is 10.1 Å². The highest BCUT2D eigenvalue weighted by Crippen LogP contribution is 2.37. The van der Waals surface area contributed by atoms with Crippen molar-refractivity contribution in [1.82, 2.24) is 5.43 Å². The quantitative estimate of drug-likeness (QED) is 0.134. The number of esters is 1. The molecule has 0 aliphatic carbocycles. The maximum Gasteiger partial charge on any atom is 0.355 e. The van der Waals surface area contributed by atoms with Gasteiger partial charge in [-0.1, -0.05) is 41.9 Å². The number of hydrogen-bond donors (Lipinski definition) is 1. The molecule has 0 saturated heterocycles. The van der Waals surface area contributed by atoms with E-state index in [9.17, 15) is 9.59 Å². The molecule has 1 aromatic heterocycles. The lowest BCUT2D eigenvalue weighted by Crippen LogP contribution is -2.18. The number of ether oxygens (including phenoxy) is 2. The number of hydrogen-bond acceptors (Lipinski definition) is 6. The Morgan fingerprint density at radius 3 is 2.58 bits per heavy atom. The van der Waals surface area contributed by atoms with Crippen LogP contribution < -0.4 is 14.9 Å². The van der Waals surface area contributed by atoms with Crippen molar-refractivity contribution in [3.63, 3.8) is 0 Å². The molecule has 4 aromatic rings. The molecule has 4 rings (SSSR count). The smallest absolute Gasteiger partial charge is 0.355 e. The van der Waals surface area contributed by atoms with E-state index in [-0.39, 0.29) is 11.7 Å². The van der Waals surface area contributed by atoms with Crippen LogP contribution in [0.4, 0.5) is 0 Å². The Kier molecular flexibility index (Phi) is 7.08. The molecule has 0 unspecified atom stereocenters. The third-order valence-corrected chi connectivity index (χ3v) is 6.96. The van der Waals surface area contributed by atoms with E-state index in [1.54, 1.807) is 36.4 Å². The summed E-state index contributed by atoms with van der Waals surface area (Å²) in [6, 6.07) is 19.5. The van der Waals surface area contributed by atoms with Crippen molar-refractivity contribution in [1.29, 1.82) is 0 Å². The van der Waals surface area contributed by atoms with E-state index in [1.807, 2.05) is 30.3 Å². The minimum absolute atomic E-state index is 0.241. The fourth-order valence-corrected chi connectivity index (χ4v) is 4.86. The van der Waals surface area contributed by atoms with Gasteiger partial charge in [-0.25, -0.2) is 10.2 Å². The second-order valence-corrected chi connectivity index (χ2v) is 9.00. The Morgan fingerprint density at radius 2 is 1.82 bits per heavy atom. The molecule has 3 aromatic carbocycles. The van der Waals surface area contributed by atoms with Crippen LogP contribution in [0.25, 0.3) is 10.1 Å². The molecule has 1 N–H and O–H groups in total. The van der Waals surface area contributed by atoms with Gasteiger partial charge < -0.3 is 9.47 Å². The Labute approximate surface area is 206 Å². The molecule has 0 spiro atoms. The number of rotatable bonds is 6. The normalized spacial score (nSPS) is 11.0. The summed E-state index contributed by atoms with van der Waals surface area (Å²) in [4.78, 5) is 25.3. The predicted octanol–water partition coefficient (Wildman–Crippen LogP) is 6.31. The first kappa shape index (κ1) is 23.0. The summed E-state index contributed by atoms with van der Waals surface area (Å²) in [7, 11) is 1.47. The number of thiophene rings is 1. The molecule has 1 amide bonds. The third kappa shape index (κ3) is 5.08. The lowest BCUT2D eigenvalue weighted by atomic mass is 10.2. The average molecular weight is 544 g/mol. The summed E-state index contributed by atoms with van der Waals surface area (Å²) in [6.07, 6.45) is 1.46. The Balaban J connectivity index is 1.48. The van der Waals surface area contributed by atoms with Crippen molar-refractivity contribution in [3.05, 3.63) is 92.2 Å². The van der Waals surface area contributed by atoms with Gasteiger partial charge in [0.05, 0.1) is 23.9 Å². The van der Waals surface area contributed by atoms with Gasteiger partial charge in [0, 0.05) is 14.6 Å². The van der Waals surface area contributed by atoms with Crippen LogP contribution in [0.3, 0.4) is 0 Å². The van der Waals surface area contributed by atoms with Gasteiger partial charge in [-0.2, -0.15) is 5.10 Å². The van der Waals surface area contributed by atoms with Crippen molar-refractivity contribution in [3.8, 4) is 11.5 Å². The summed E-state index contributed by atoms with van der Waals surface area (Å²) in [5, 5.41) is 5.15. The van der Waals surface area contributed by atoms with Crippen LogP contribution >= 0.6 is 38.9 Å². The highest BCUT2D eigenvalue weighted by molar-refractivity contribution is 9.10. The highest BCUT2D eigenvalue weighted by atomic mass is 79.9. The first-order chi connectivity index (χ1) is 16.0. The fourth-order valence-electron chi connectivity index (χ4n) is 3.01. The van der Waals surface area contributed by atoms with Crippen LogP contribution in [-0.4, -0.2) is 25.2 Å². The lowest BCUT2D eigenvalue weighted by molar-refractivity contribution is 0.0734. The molecule has 9 heteroatoms. The number of carbonyl (C=O) groups is 2. The SMILES string of the molecule is COc1cc(C=NNC(=O)c2ccccc2Br)ccc1OC(=O)c1sc2ccccc2c1Cl. The van der Waals surface area contributed by atoms with Crippen molar-refractivity contribution in [2.75, 3.05) is 7.11 Å². The molecule has 0 aliphatic heterocycles. The van der Waals surface area contributed by atoms with Gasteiger partial charge >= 0.3 is 5.97 Å². The third-order valence-electron chi connectivity index (χ3n) is 4.61. The predicted molar refractivity (Wildman–Crippen MR) is 134 cm³/mol. The lowest BCUT2D eigenvalue weighted by Gasteiger charge is -2.09. The summed E-state index contributed by atoms with van der Waals surface area (Å²) in [5.41, 5.74) is 3.58. The first-order valence-electron chi connectivity index (χ1n) is 9.63. The summed E-state index contributed by atoms with van der Waals surface area (Å²) >= 11 is 11.0. The number of nitrogens with one attached hydrogen (secondary N) is 1. The maximum absolute atomic E-state index is 12.7.